The minimum absolute atomic E-state index is 0.0882. The van der Waals surface area contributed by atoms with Gasteiger partial charge < -0.3 is 25.1 Å². The van der Waals surface area contributed by atoms with Crippen molar-refractivity contribution >= 4 is 41.0 Å². The predicted octanol–water partition coefficient (Wildman–Crippen LogP) is 4.40. The molecule has 4 aromatic carbocycles. The molecular weight excluding hydrogens is 405 g/mol. The van der Waals surface area contributed by atoms with Crippen LogP contribution in [0, 0.1) is 0 Å². The molecule has 0 fully saturated rings. The molecule has 5 N–H and O–H groups in total. The van der Waals surface area contributed by atoms with E-state index < -0.39 is 7.82 Å². The molecular formula is C22H20NO6P. The Bertz CT molecular complexity index is 1270. The summed E-state index contributed by atoms with van der Waals surface area (Å²) in [5, 5.41) is 17.7. The normalized spacial score (nSPS) is 11.1. The molecule has 7 nitrogen and oxygen atoms in total. The highest BCUT2D eigenvalue weighted by molar-refractivity contribution is 7.45. The predicted molar refractivity (Wildman–Crippen MR) is 117 cm³/mol. The minimum atomic E-state index is -4.64. The molecule has 0 aliphatic rings. The number of phenols is 1. The van der Waals surface area contributed by atoms with Crippen molar-refractivity contribution < 1.29 is 29.1 Å². The fourth-order valence-electron chi connectivity index (χ4n) is 3.34. The lowest BCUT2D eigenvalue weighted by atomic mass is 9.92. The molecule has 0 aliphatic heterocycles. The van der Waals surface area contributed by atoms with Crippen LogP contribution in [0.5, 0.6) is 5.75 Å². The highest BCUT2D eigenvalue weighted by Crippen LogP contribution is 2.44. The van der Waals surface area contributed by atoms with Crippen LogP contribution in [0.3, 0.4) is 0 Å². The summed E-state index contributed by atoms with van der Waals surface area (Å²) < 4.78 is 8.88. The van der Waals surface area contributed by atoms with E-state index >= 15 is 0 Å². The number of rotatable bonds is 2. The van der Waals surface area contributed by atoms with Crippen molar-refractivity contribution in [2.24, 2.45) is 0 Å². The van der Waals surface area contributed by atoms with Crippen molar-refractivity contribution in [2.45, 2.75) is 6.92 Å². The topological polar surface area (TPSA) is 127 Å². The average Bonchev–Trinajstić information content (AvgIpc) is 2.67. The third-order valence-corrected chi connectivity index (χ3v) is 4.39. The fourth-order valence-corrected chi connectivity index (χ4v) is 3.34. The van der Waals surface area contributed by atoms with Crippen LogP contribution in [0.25, 0.3) is 32.7 Å². The third kappa shape index (κ3) is 5.03. The van der Waals surface area contributed by atoms with E-state index in [9.17, 15) is 9.90 Å². The van der Waals surface area contributed by atoms with Gasteiger partial charge in [-0.25, -0.2) is 4.57 Å². The van der Waals surface area contributed by atoms with E-state index in [4.69, 9.17) is 19.2 Å². The second-order valence-electron chi connectivity index (χ2n) is 6.59. The zero-order chi connectivity index (χ0) is 21.9. The van der Waals surface area contributed by atoms with Crippen molar-refractivity contribution in [1.82, 2.24) is 0 Å². The van der Waals surface area contributed by atoms with E-state index in [0.29, 0.717) is 5.69 Å². The lowest BCUT2D eigenvalue weighted by Crippen LogP contribution is -2.06. The summed E-state index contributed by atoms with van der Waals surface area (Å²) in [6.07, 6.45) is 0. The molecule has 0 atom stereocenters. The maximum absolute atomic E-state index is 11.5. The number of phosphoric acid groups is 1. The van der Waals surface area contributed by atoms with E-state index in [0.717, 1.165) is 32.7 Å². The van der Waals surface area contributed by atoms with Gasteiger partial charge in [0.15, 0.2) is 0 Å². The number of aromatic hydroxyl groups is 1. The summed E-state index contributed by atoms with van der Waals surface area (Å²) in [5.41, 5.74) is 2.10. The number of anilines is 1. The molecule has 0 heterocycles. The number of benzene rings is 4. The monoisotopic (exact) mass is 425 g/mol. The van der Waals surface area contributed by atoms with Crippen molar-refractivity contribution in [3.63, 3.8) is 0 Å². The zero-order valence-corrected chi connectivity index (χ0v) is 16.9. The maximum Gasteiger partial charge on any atom is 0.466 e. The zero-order valence-electron chi connectivity index (χ0n) is 16.0. The first-order valence-electron chi connectivity index (χ1n) is 8.94. The summed E-state index contributed by atoms with van der Waals surface area (Å²) in [7, 11) is -4.64. The van der Waals surface area contributed by atoms with Gasteiger partial charge in [0.05, 0.1) is 5.69 Å². The van der Waals surface area contributed by atoms with E-state index in [2.05, 4.69) is 17.4 Å². The van der Waals surface area contributed by atoms with Gasteiger partial charge in [0, 0.05) is 12.5 Å². The van der Waals surface area contributed by atoms with E-state index in [1.807, 2.05) is 54.6 Å². The van der Waals surface area contributed by atoms with Gasteiger partial charge >= 0.3 is 7.82 Å². The molecule has 0 spiro atoms. The minimum Gasteiger partial charge on any atom is -0.505 e. The number of hydrogen-bond acceptors (Lipinski definition) is 3. The molecule has 0 bridgehead atoms. The molecule has 0 unspecified atom stereocenters. The second-order valence-corrected chi connectivity index (χ2v) is 7.62. The van der Waals surface area contributed by atoms with Gasteiger partial charge in [0.1, 0.15) is 5.75 Å². The Hall–Kier alpha value is -3.22. The first-order chi connectivity index (χ1) is 14.1. The molecule has 154 valence electrons. The van der Waals surface area contributed by atoms with Crippen LogP contribution in [0.2, 0.25) is 0 Å². The number of fused-ring (bicyclic) bond motifs is 2. The van der Waals surface area contributed by atoms with Crippen molar-refractivity contribution in [3.05, 3.63) is 72.8 Å². The fraction of sp³-hybridized carbons (Fsp3) is 0.0455. The third-order valence-electron chi connectivity index (χ3n) is 4.39. The van der Waals surface area contributed by atoms with Gasteiger partial charge in [-0.05, 0) is 33.2 Å². The smallest absolute Gasteiger partial charge is 0.466 e. The van der Waals surface area contributed by atoms with Crippen molar-refractivity contribution in [1.29, 1.82) is 0 Å². The van der Waals surface area contributed by atoms with Crippen molar-refractivity contribution in [2.75, 3.05) is 5.32 Å². The molecule has 0 aliphatic carbocycles. The Morgan fingerprint density at radius 2 is 1.37 bits per heavy atom. The highest BCUT2D eigenvalue weighted by Gasteiger charge is 2.17. The molecule has 0 radical (unpaired) electrons. The number of hydrogen-bond donors (Lipinski definition) is 5. The van der Waals surface area contributed by atoms with Gasteiger partial charge in [-0.15, -0.1) is 0 Å². The van der Waals surface area contributed by atoms with Gasteiger partial charge in [-0.2, -0.15) is 0 Å². The Labute approximate surface area is 172 Å². The van der Waals surface area contributed by atoms with Crippen LogP contribution in [-0.4, -0.2) is 25.7 Å². The van der Waals surface area contributed by atoms with Crippen LogP contribution in [0.15, 0.2) is 72.8 Å². The Morgan fingerprint density at radius 3 is 2.00 bits per heavy atom. The summed E-state index contributed by atoms with van der Waals surface area (Å²) in [6.45, 7) is 1.44. The van der Waals surface area contributed by atoms with Crippen molar-refractivity contribution in [3.8, 4) is 16.9 Å². The molecule has 0 saturated carbocycles. The molecule has 0 saturated heterocycles. The average molecular weight is 425 g/mol. The molecule has 4 aromatic rings. The standard InChI is InChI=1S/C22H17NO2.H3O4P/c1-14(24)23-20-13-16-8-3-5-11-18(16)21(22(20)25)19-12-6-9-15-7-2-4-10-17(15)19;1-5(2,3)4/h2-13,25H,1H3,(H,23,24);(H3,1,2,3,4). The van der Waals surface area contributed by atoms with Gasteiger partial charge in [-0.1, -0.05) is 66.7 Å². The number of carbonyl (C=O) groups excluding carboxylic acids is 1. The number of phenolic OH excluding ortho intramolecular Hbond substituents is 1. The van der Waals surface area contributed by atoms with Gasteiger partial charge in [0.25, 0.3) is 0 Å². The Morgan fingerprint density at radius 1 is 0.833 bits per heavy atom. The SMILES string of the molecule is CC(=O)Nc1cc2ccccc2c(-c2cccc3ccccc23)c1O.O=P(O)(O)O. The summed E-state index contributed by atoms with van der Waals surface area (Å²) >= 11 is 0. The molecule has 30 heavy (non-hydrogen) atoms. The van der Waals surface area contributed by atoms with Gasteiger partial charge in [-0.3, -0.25) is 4.79 Å². The van der Waals surface area contributed by atoms with Crippen LogP contribution in [-0.2, 0) is 9.36 Å². The molecule has 1 amide bonds. The number of carbonyl (C=O) groups is 1. The Kier molecular flexibility index (Phi) is 6.20. The molecule has 0 aromatic heterocycles. The van der Waals surface area contributed by atoms with Crippen LogP contribution < -0.4 is 5.32 Å². The lowest BCUT2D eigenvalue weighted by molar-refractivity contribution is -0.114. The largest absolute Gasteiger partial charge is 0.505 e. The number of nitrogens with one attached hydrogen (secondary N) is 1. The summed E-state index contributed by atoms with van der Waals surface area (Å²) in [6, 6.07) is 23.8. The highest BCUT2D eigenvalue weighted by atomic mass is 31.2. The van der Waals surface area contributed by atoms with Crippen LogP contribution >= 0.6 is 7.82 Å². The molecule has 8 heteroatoms. The number of amides is 1. The maximum atomic E-state index is 11.5. The van der Waals surface area contributed by atoms with E-state index in [1.165, 1.54) is 6.92 Å². The van der Waals surface area contributed by atoms with Crippen LogP contribution in [0.4, 0.5) is 5.69 Å². The summed E-state index contributed by atoms with van der Waals surface area (Å²) in [4.78, 5) is 33.1. The van der Waals surface area contributed by atoms with Gasteiger partial charge in [0.2, 0.25) is 5.91 Å². The van der Waals surface area contributed by atoms with E-state index in [-0.39, 0.29) is 11.7 Å². The molecule has 4 rings (SSSR count). The van der Waals surface area contributed by atoms with E-state index in [1.54, 1.807) is 6.07 Å². The first kappa shape index (κ1) is 21.5. The quantitative estimate of drug-likeness (QED) is 0.239. The Balaban J connectivity index is 0.000000461. The lowest BCUT2D eigenvalue weighted by Gasteiger charge is -2.16. The van der Waals surface area contributed by atoms with Crippen LogP contribution in [0.1, 0.15) is 6.92 Å². The summed E-state index contributed by atoms with van der Waals surface area (Å²) in [5.74, 6) is -0.125. The first-order valence-corrected chi connectivity index (χ1v) is 10.5. The second kappa shape index (κ2) is 8.65.